The average molecular weight is 500 g/mol. The number of hydrogen-bond donors (Lipinski definition) is 1. The normalized spacial score (nSPS) is 17.8. The molecular formula is C29H42FN3O3. The van der Waals surface area contributed by atoms with Crippen molar-refractivity contribution in [3.05, 3.63) is 41.5 Å². The molecule has 2 aromatic heterocycles. The topological polar surface area (TPSA) is 75.5 Å². The summed E-state index contributed by atoms with van der Waals surface area (Å²) in [6, 6.07) is 3.59. The summed E-state index contributed by atoms with van der Waals surface area (Å²) >= 11 is 0. The van der Waals surface area contributed by atoms with Gasteiger partial charge in [0.2, 0.25) is 0 Å². The Morgan fingerprint density at radius 3 is 2.31 bits per heavy atom. The molecule has 36 heavy (non-hydrogen) atoms. The van der Waals surface area contributed by atoms with Crippen molar-refractivity contribution < 1.29 is 19.0 Å². The Bertz CT molecular complexity index is 1050. The van der Waals surface area contributed by atoms with Gasteiger partial charge in [0.25, 0.3) is 0 Å². The van der Waals surface area contributed by atoms with Crippen molar-refractivity contribution in [1.29, 1.82) is 0 Å². The lowest BCUT2D eigenvalue weighted by Crippen LogP contribution is -2.39. The maximum absolute atomic E-state index is 14.7. The first-order valence-corrected chi connectivity index (χ1v) is 12.9. The highest BCUT2D eigenvalue weighted by Gasteiger charge is 2.35. The van der Waals surface area contributed by atoms with Crippen LogP contribution in [0.3, 0.4) is 0 Å². The first-order chi connectivity index (χ1) is 16.7. The van der Waals surface area contributed by atoms with Gasteiger partial charge in [-0.25, -0.2) is 9.18 Å². The van der Waals surface area contributed by atoms with Crippen LogP contribution in [-0.4, -0.2) is 39.7 Å². The smallest absolute Gasteiger partial charge is 0.337 e. The van der Waals surface area contributed by atoms with Crippen LogP contribution >= 0.6 is 0 Å². The Kier molecular flexibility index (Phi) is 8.44. The summed E-state index contributed by atoms with van der Waals surface area (Å²) < 4.78 is 20.8. The van der Waals surface area contributed by atoms with Crippen LogP contribution in [0.5, 0.6) is 0 Å². The monoisotopic (exact) mass is 499 g/mol. The number of piperidine rings is 1. The lowest BCUT2D eigenvalue weighted by molar-refractivity contribution is -0.160. The van der Waals surface area contributed by atoms with Gasteiger partial charge >= 0.3 is 5.97 Å². The van der Waals surface area contributed by atoms with Crippen molar-refractivity contribution >= 4 is 11.7 Å². The second-order valence-electron chi connectivity index (χ2n) is 12.2. The third-order valence-corrected chi connectivity index (χ3v) is 6.78. The van der Waals surface area contributed by atoms with E-state index >= 15 is 0 Å². The van der Waals surface area contributed by atoms with Gasteiger partial charge in [-0.15, -0.1) is 0 Å². The van der Waals surface area contributed by atoms with Crippen LogP contribution in [0, 0.1) is 18.3 Å². The van der Waals surface area contributed by atoms with Gasteiger partial charge in [-0.1, -0.05) is 33.8 Å². The quantitative estimate of drug-likeness (QED) is 0.418. The van der Waals surface area contributed by atoms with Crippen LogP contribution in [0.2, 0.25) is 0 Å². The molecular weight excluding hydrogens is 457 g/mol. The van der Waals surface area contributed by atoms with E-state index in [0.717, 1.165) is 42.7 Å². The first-order valence-electron chi connectivity index (χ1n) is 12.9. The number of nitrogens with zero attached hydrogens (tertiary/aromatic N) is 3. The minimum atomic E-state index is -1.17. The minimum Gasteiger partial charge on any atom is -0.479 e. The maximum Gasteiger partial charge on any atom is 0.337 e. The van der Waals surface area contributed by atoms with Crippen molar-refractivity contribution in [2.45, 2.75) is 92.5 Å². The first kappa shape index (κ1) is 28.0. The summed E-state index contributed by atoms with van der Waals surface area (Å²) in [5.41, 5.74) is 3.56. The molecule has 2 aromatic rings. The van der Waals surface area contributed by atoms with Crippen LogP contribution in [-0.2, 0) is 9.53 Å². The molecule has 1 aliphatic heterocycles. The Morgan fingerprint density at radius 2 is 1.81 bits per heavy atom. The number of aliphatic carboxylic acids is 1. The van der Waals surface area contributed by atoms with E-state index in [1.165, 1.54) is 0 Å². The summed E-state index contributed by atoms with van der Waals surface area (Å²) in [4.78, 5) is 23.8. The lowest BCUT2D eigenvalue weighted by Gasteiger charge is -2.40. The highest BCUT2D eigenvalue weighted by molar-refractivity contribution is 5.86. The highest BCUT2D eigenvalue weighted by Crippen LogP contribution is 2.43. The van der Waals surface area contributed by atoms with Crippen LogP contribution < -0.4 is 4.90 Å². The number of hydrogen-bond acceptors (Lipinski definition) is 5. The number of pyridine rings is 2. The summed E-state index contributed by atoms with van der Waals surface area (Å²) in [5.74, 6) is -0.816. The van der Waals surface area contributed by atoms with E-state index in [2.05, 4.69) is 28.7 Å². The molecule has 0 radical (unpaired) electrons. The molecule has 1 saturated heterocycles. The summed E-state index contributed by atoms with van der Waals surface area (Å²) in [7, 11) is 0. The van der Waals surface area contributed by atoms with Crippen LogP contribution in [0.1, 0.15) is 97.0 Å². The molecule has 1 aliphatic rings. The fraction of sp³-hybridized carbons (Fsp3) is 0.621. The van der Waals surface area contributed by atoms with Gasteiger partial charge in [0.15, 0.2) is 6.10 Å². The molecule has 7 heteroatoms. The molecule has 0 aromatic carbocycles. The van der Waals surface area contributed by atoms with E-state index in [4.69, 9.17) is 4.74 Å². The van der Waals surface area contributed by atoms with Crippen LogP contribution in [0.4, 0.5) is 10.1 Å². The molecule has 6 nitrogen and oxygen atoms in total. The van der Waals surface area contributed by atoms with Crippen LogP contribution in [0.15, 0.2) is 24.5 Å². The Balaban J connectivity index is 2.15. The van der Waals surface area contributed by atoms with Gasteiger partial charge in [-0.3, -0.25) is 9.97 Å². The average Bonchev–Trinajstić information content (AvgIpc) is 2.76. The number of carboxylic acid groups (broad SMARTS) is 1. The predicted molar refractivity (Wildman–Crippen MR) is 142 cm³/mol. The zero-order valence-corrected chi connectivity index (χ0v) is 23.1. The number of aromatic nitrogens is 2. The van der Waals surface area contributed by atoms with E-state index in [-0.39, 0.29) is 11.3 Å². The SMILES string of the molecule is Cc1ncc(-c2ccc(C(F)CC(C)C)nc2)c(N2CCC(C)(C)CC2)c1C(OC(C)(C)C)C(=O)O. The minimum absolute atomic E-state index is 0.225. The number of carbonyl (C=O) groups is 1. The van der Waals surface area contributed by atoms with Gasteiger partial charge in [0.1, 0.15) is 6.17 Å². The third-order valence-electron chi connectivity index (χ3n) is 6.78. The summed E-state index contributed by atoms with van der Waals surface area (Å²) in [6.07, 6.45) is 3.56. The van der Waals surface area contributed by atoms with Gasteiger partial charge < -0.3 is 14.7 Å². The number of aryl methyl sites for hydroxylation is 1. The zero-order valence-electron chi connectivity index (χ0n) is 23.1. The number of halogens is 1. The molecule has 2 atom stereocenters. The van der Waals surface area contributed by atoms with Gasteiger partial charge in [-0.2, -0.15) is 0 Å². The van der Waals surface area contributed by atoms with Crippen molar-refractivity contribution in [2.75, 3.05) is 18.0 Å². The van der Waals surface area contributed by atoms with Crippen molar-refractivity contribution in [1.82, 2.24) is 9.97 Å². The Labute approximate surface area is 215 Å². The molecule has 0 saturated carbocycles. The maximum atomic E-state index is 14.7. The number of ether oxygens (including phenoxy) is 1. The van der Waals surface area contributed by atoms with E-state index < -0.39 is 23.8 Å². The Hall–Kier alpha value is -2.54. The summed E-state index contributed by atoms with van der Waals surface area (Å²) in [5, 5.41) is 10.2. The van der Waals surface area contributed by atoms with Crippen molar-refractivity contribution in [3.8, 4) is 11.1 Å². The molecule has 2 unspecified atom stereocenters. The molecule has 198 valence electrons. The molecule has 0 spiro atoms. The highest BCUT2D eigenvalue weighted by atomic mass is 19.1. The largest absolute Gasteiger partial charge is 0.479 e. The van der Waals surface area contributed by atoms with Crippen LogP contribution in [0.25, 0.3) is 11.1 Å². The number of alkyl halides is 1. The lowest BCUT2D eigenvalue weighted by atomic mass is 9.82. The van der Waals surface area contributed by atoms with E-state index in [1.807, 2.05) is 47.6 Å². The fourth-order valence-corrected chi connectivity index (χ4v) is 4.68. The molecule has 3 rings (SSSR count). The second-order valence-corrected chi connectivity index (χ2v) is 12.2. The number of carboxylic acids is 1. The molecule has 0 amide bonds. The number of rotatable bonds is 8. The standard InChI is InChI=1S/C29H42FN3O3/c1-18(2)15-22(30)23-10-9-20(16-32-23)21-17-31-19(3)24(26(27(34)35)36-28(4,5)6)25(21)33-13-11-29(7,8)12-14-33/h9-10,16-18,22,26H,11-15H2,1-8H3,(H,34,35). The van der Waals surface area contributed by atoms with Crippen molar-refractivity contribution in [2.24, 2.45) is 11.3 Å². The van der Waals surface area contributed by atoms with Crippen molar-refractivity contribution in [3.63, 3.8) is 0 Å². The fourth-order valence-electron chi connectivity index (χ4n) is 4.68. The second kappa shape index (κ2) is 10.8. The molecule has 1 N–H and O–H groups in total. The van der Waals surface area contributed by atoms with Gasteiger partial charge in [-0.05, 0) is 64.4 Å². The zero-order chi connectivity index (χ0) is 26.8. The van der Waals surface area contributed by atoms with Gasteiger partial charge in [0.05, 0.1) is 17.0 Å². The number of anilines is 1. The molecule has 3 heterocycles. The van der Waals surface area contributed by atoms with E-state index in [0.29, 0.717) is 23.4 Å². The predicted octanol–water partition coefficient (Wildman–Crippen LogP) is 7.08. The molecule has 0 aliphatic carbocycles. The van der Waals surface area contributed by atoms with E-state index in [9.17, 15) is 14.3 Å². The van der Waals surface area contributed by atoms with Gasteiger partial charge in [0, 0.05) is 47.9 Å². The third kappa shape index (κ3) is 6.81. The molecule has 0 bridgehead atoms. The van der Waals surface area contributed by atoms with E-state index in [1.54, 1.807) is 18.5 Å². The summed E-state index contributed by atoms with van der Waals surface area (Å²) in [6.45, 7) is 17.5. The molecule has 1 fully saturated rings. The Morgan fingerprint density at radius 1 is 1.17 bits per heavy atom.